The molecule has 1 unspecified atom stereocenters. The molecule has 192 valence electrons. The Bertz CT molecular complexity index is 1090. The van der Waals surface area contributed by atoms with E-state index < -0.39 is 0 Å². The van der Waals surface area contributed by atoms with E-state index in [1.165, 1.54) is 11.8 Å². The number of hydrogen-bond acceptors (Lipinski definition) is 4. The number of carbonyl (C=O) groups is 1. The molecular weight excluding hydrogens is 453 g/mol. The molecule has 0 bridgehead atoms. The summed E-state index contributed by atoms with van der Waals surface area (Å²) in [5.41, 5.74) is 3.34. The van der Waals surface area contributed by atoms with Crippen molar-refractivity contribution in [3.63, 3.8) is 0 Å². The summed E-state index contributed by atoms with van der Waals surface area (Å²) in [4.78, 5) is 17.4. The molecule has 1 atom stereocenters. The van der Waals surface area contributed by atoms with Crippen LogP contribution in [-0.2, 0) is 16.1 Å². The Kier molecular flexibility index (Phi) is 8.94. The number of hydrogen-bond donors (Lipinski definition) is 1. The van der Waals surface area contributed by atoms with E-state index in [1.54, 1.807) is 19.2 Å². The molecule has 1 saturated heterocycles. The topological polar surface area (TPSA) is 44.8 Å². The van der Waals surface area contributed by atoms with Crippen molar-refractivity contribution in [3.05, 3.63) is 83.8 Å². The molecule has 2 aliphatic rings. The van der Waals surface area contributed by atoms with Crippen LogP contribution in [0.3, 0.4) is 0 Å². The second-order valence-corrected chi connectivity index (χ2v) is 9.82. The van der Waals surface area contributed by atoms with Gasteiger partial charge in [-0.3, -0.25) is 9.69 Å². The minimum Gasteiger partial charge on any atom is -0.372 e. The number of piperazine rings is 1. The average Bonchev–Trinajstić information content (AvgIpc) is 2.91. The highest BCUT2D eigenvalue weighted by molar-refractivity contribution is 5.76. The van der Waals surface area contributed by atoms with Crippen LogP contribution in [0.4, 0.5) is 4.39 Å². The highest BCUT2D eigenvalue weighted by atomic mass is 19.1. The lowest BCUT2D eigenvalue weighted by Crippen LogP contribution is -2.50. The summed E-state index contributed by atoms with van der Waals surface area (Å²) >= 11 is 0. The van der Waals surface area contributed by atoms with Gasteiger partial charge < -0.3 is 15.0 Å². The standard InChI is InChI=1S/C30H38FN3O2/c1-30(36-2)17-9-7-15-28(30)34-21-19-33(20-22-34)18-10-8-16-29(35)32-23-24-11-3-4-12-25(24)26-13-5-6-14-27(26)31/h3-7,9,11-15H,8,10,16-23H2,1-2H3,(H,32,35). The lowest BCUT2D eigenvalue weighted by molar-refractivity contribution is -0.121. The maximum absolute atomic E-state index is 14.3. The molecule has 1 N–H and O–H groups in total. The third-order valence-corrected chi connectivity index (χ3v) is 7.39. The van der Waals surface area contributed by atoms with Crippen molar-refractivity contribution >= 4 is 5.91 Å². The van der Waals surface area contributed by atoms with Crippen molar-refractivity contribution in [3.8, 4) is 11.1 Å². The zero-order valence-corrected chi connectivity index (χ0v) is 21.5. The molecule has 1 fully saturated rings. The summed E-state index contributed by atoms with van der Waals surface area (Å²) in [5.74, 6) is -0.212. The molecule has 36 heavy (non-hydrogen) atoms. The van der Waals surface area contributed by atoms with E-state index in [9.17, 15) is 9.18 Å². The SMILES string of the molecule is COC1(C)CC=CC=C1N1CCN(CCCCC(=O)NCc2ccccc2-c2ccccc2F)CC1. The number of nitrogens with one attached hydrogen (secondary N) is 1. The van der Waals surface area contributed by atoms with Crippen LogP contribution in [0.2, 0.25) is 0 Å². The fraction of sp³-hybridized carbons (Fsp3) is 0.433. The monoisotopic (exact) mass is 491 g/mol. The second-order valence-electron chi connectivity index (χ2n) is 9.82. The number of rotatable bonds is 10. The van der Waals surface area contributed by atoms with Gasteiger partial charge in [-0.25, -0.2) is 4.39 Å². The van der Waals surface area contributed by atoms with E-state index in [0.29, 0.717) is 18.5 Å². The number of methoxy groups -OCH3 is 1. The molecule has 2 aromatic carbocycles. The number of nitrogens with zero attached hydrogens (tertiary/aromatic N) is 2. The van der Waals surface area contributed by atoms with E-state index in [-0.39, 0.29) is 17.3 Å². The third-order valence-electron chi connectivity index (χ3n) is 7.39. The van der Waals surface area contributed by atoms with Crippen LogP contribution in [0.25, 0.3) is 11.1 Å². The minimum absolute atomic E-state index is 0.0410. The fourth-order valence-electron chi connectivity index (χ4n) is 5.09. The number of amides is 1. The zero-order chi connectivity index (χ0) is 25.4. The molecule has 0 spiro atoms. The Morgan fingerprint density at radius 2 is 1.75 bits per heavy atom. The number of benzene rings is 2. The van der Waals surface area contributed by atoms with Crippen LogP contribution in [0.5, 0.6) is 0 Å². The molecule has 5 nitrogen and oxygen atoms in total. The second kappa shape index (κ2) is 12.3. The maximum atomic E-state index is 14.3. The Hall–Kier alpha value is -2.96. The normalized spacial score (nSPS) is 20.3. The van der Waals surface area contributed by atoms with Gasteiger partial charge in [0, 0.05) is 63.9 Å². The van der Waals surface area contributed by atoms with Gasteiger partial charge in [0.1, 0.15) is 11.4 Å². The van der Waals surface area contributed by atoms with Gasteiger partial charge in [0.15, 0.2) is 0 Å². The zero-order valence-electron chi connectivity index (χ0n) is 21.5. The molecule has 0 saturated carbocycles. The van der Waals surface area contributed by atoms with E-state index >= 15 is 0 Å². The van der Waals surface area contributed by atoms with Crippen molar-refractivity contribution in [1.29, 1.82) is 0 Å². The van der Waals surface area contributed by atoms with Gasteiger partial charge in [-0.05, 0) is 49.6 Å². The Labute approximate surface area is 214 Å². The highest BCUT2D eigenvalue weighted by Crippen LogP contribution is 2.32. The first kappa shape index (κ1) is 26.1. The molecule has 1 aliphatic carbocycles. The molecule has 0 aromatic heterocycles. The summed E-state index contributed by atoms with van der Waals surface area (Å²) in [5, 5.41) is 3.02. The highest BCUT2D eigenvalue weighted by Gasteiger charge is 2.34. The summed E-state index contributed by atoms with van der Waals surface area (Å²) in [6.07, 6.45) is 9.77. The average molecular weight is 492 g/mol. The summed E-state index contributed by atoms with van der Waals surface area (Å²) in [6.45, 7) is 7.63. The van der Waals surface area contributed by atoms with Gasteiger partial charge >= 0.3 is 0 Å². The first-order valence-corrected chi connectivity index (χ1v) is 13.0. The van der Waals surface area contributed by atoms with Crippen molar-refractivity contribution in [2.24, 2.45) is 0 Å². The number of ether oxygens (including phenoxy) is 1. The Morgan fingerprint density at radius 3 is 2.50 bits per heavy atom. The van der Waals surface area contributed by atoms with Gasteiger partial charge in [-0.2, -0.15) is 0 Å². The van der Waals surface area contributed by atoms with E-state index in [0.717, 1.165) is 63.1 Å². The van der Waals surface area contributed by atoms with Crippen LogP contribution >= 0.6 is 0 Å². The van der Waals surface area contributed by atoms with Gasteiger partial charge in [0.25, 0.3) is 0 Å². The molecule has 4 rings (SSSR count). The van der Waals surface area contributed by atoms with Gasteiger partial charge in [0.2, 0.25) is 5.91 Å². The molecule has 1 aliphatic heterocycles. The number of carbonyl (C=O) groups excluding carboxylic acids is 1. The molecule has 1 heterocycles. The summed E-state index contributed by atoms with van der Waals surface area (Å²) < 4.78 is 20.1. The number of allylic oxidation sites excluding steroid dienone is 2. The molecule has 6 heteroatoms. The Balaban J connectivity index is 1.17. The number of halogens is 1. The van der Waals surface area contributed by atoms with Crippen LogP contribution in [-0.4, -0.2) is 61.1 Å². The summed E-state index contributed by atoms with van der Waals surface area (Å²) in [7, 11) is 1.79. The summed E-state index contributed by atoms with van der Waals surface area (Å²) in [6, 6.07) is 14.4. The molecule has 1 amide bonds. The van der Waals surface area contributed by atoms with E-state index in [4.69, 9.17) is 4.74 Å². The predicted molar refractivity (Wildman–Crippen MR) is 143 cm³/mol. The van der Waals surface area contributed by atoms with Crippen LogP contribution in [0, 0.1) is 5.82 Å². The fourth-order valence-corrected chi connectivity index (χ4v) is 5.09. The van der Waals surface area contributed by atoms with Crippen molar-refractivity contribution < 1.29 is 13.9 Å². The first-order valence-electron chi connectivity index (χ1n) is 13.0. The van der Waals surface area contributed by atoms with Crippen molar-refractivity contribution in [1.82, 2.24) is 15.1 Å². The van der Waals surface area contributed by atoms with Gasteiger partial charge in [0.05, 0.1) is 0 Å². The van der Waals surface area contributed by atoms with Crippen LogP contribution in [0.1, 0.15) is 38.2 Å². The van der Waals surface area contributed by atoms with Crippen LogP contribution in [0.15, 0.2) is 72.5 Å². The lowest BCUT2D eigenvalue weighted by atomic mass is 9.92. The molecule has 2 aromatic rings. The van der Waals surface area contributed by atoms with E-state index in [2.05, 4.69) is 40.3 Å². The largest absolute Gasteiger partial charge is 0.372 e. The quantitative estimate of drug-likeness (QED) is 0.467. The predicted octanol–water partition coefficient (Wildman–Crippen LogP) is 5.15. The van der Waals surface area contributed by atoms with Gasteiger partial charge in [-0.15, -0.1) is 0 Å². The lowest BCUT2D eigenvalue weighted by Gasteiger charge is -2.43. The molecular formula is C30H38FN3O2. The van der Waals surface area contributed by atoms with E-state index in [1.807, 2.05) is 30.3 Å². The van der Waals surface area contributed by atoms with Crippen LogP contribution < -0.4 is 5.32 Å². The van der Waals surface area contributed by atoms with Gasteiger partial charge in [-0.1, -0.05) is 54.6 Å². The third kappa shape index (κ3) is 6.42. The maximum Gasteiger partial charge on any atom is 0.220 e. The van der Waals surface area contributed by atoms with Crippen molar-refractivity contribution in [2.45, 2.75) is 44.8 Å². The minimum atomic E-state index is -0.253. The number of unbranched alkanes of at least 4 members (excludes halogenated alkanes) is 1. The van der Waals surface area contributed by atoms with Crippen molar-refractivity contribution in [2.75, 3.05) is 39.8 Å². The first-order chi connectivity index (χ1) is 17.5. The molecule has 0 radical (unpaired) electrons. The Morgan fingerprint density at radius 1 is 1.03 bits per heavy atom. The smallest absolute Gasteiger partial charge is 0.220 e.